The number of piperazine rings is 2. The van der Waals surface area contributed by atoms with Crippen molar-refractivity contribution in [3.63, 3.8) is 0 Å². The Kier molecular flexibility index (Phi) is 20.2. The zero-order valence-electron chi connectivity index (χ0n) is 39.3. The van der Waals surface area contributed by atoms with Crippen molar-refractivity contribution in [3.05, 3.63) is 177 Å². The van der Waals surface area contributed by atoms with Crippen LogP contribution < -0.4 is 24.6 Å². The summed E-state index contributed by atoms with van der Waals surface area (Å²) in [7, 11) is -3.52. The van der Waals surface area contributed by atoms with E-state index in [0.29, 0.717) is 40.3 Å². The Labute approximate surface area is 421 Å². The van der Waals surface area contributed by atoms with Crippen molar-refractivity contribution in [2.75, 3.05) is 81.8 Å². The lowest BCUT2D eigenvalue weighted by Crippen LogP contribution is -2.49. The Morgan fingerprint density at radius 1 is 0.662 bits per heavy atom. The van der Waals surface area contributed by atoms with E-state index >= 15 is 0 Å². The van der Waals surface area contributed by atoms with Crippen LogP contribution in [0.5, 0.6) is 11.5 Å². The molecule has 8 rings (SSSR count). The zero-order chi connectivity index (χ0) is 51.1. The fourth-order valence-corrected chi connectivity index (χ4v) is 9.28. The third kappa shape index (κ3) is 16.0. The fraction of sp³-hybridized carbons (Fsp3) is 0.333. The summed E-state index contributed by atoms with van der Waals surface area (Å²) >= 11 is 13.1. The molecule has 0 bridgehead atoms. The second-order valence-corrected chi connectivity index (χ2v) is 18.9. The lowest BCUT2D eigenvalue weighted by atomic mass is 9.99. The van der Waals surface area contributed by atoms with Gasteiger partial charge in [-0.3, -0.25) is 19.1 Å². The molecular formula is C51H56Cl2F4N6O7S. The van der Waals surface area contributed by atoms with E-state index in [2.05, 4.69) is 41.1 Å². The van der Waals surface area contributed by atoms with Crippen LogP contribution in [0.2, 0.25) is 10.0 Å². The van der Waals surface area contributed by atoms with Crippen molar-refractivity contribution in [2.45, 2.75) is 38.1 Å². The molecule has 3 N–H and O–H groups in total. The van der Waals surface area contributed by atoms with Crippen LogP contribution in [0.25, 0.3) is 0 Å². The predicted octanol–water partition coefficient (Wildman–Crippen LogP) is 9.27. The summed E-state index contributed by atoms with van der Waals surface area (Å²) in [6.07, 6.45) is 2.50. The molecule has 2 aromatic heterocycles. The molecule has 2 aliphatic heterocycles. The van der Waals surface area contributed by atoms with Gasteiger partial charge in [-0.15, -0.1) is 0 Å². The minimum atomic E-state index is -3.52. The molecule has 4 heterocycles. The summed E-state index contributed by atoms with van der Waals surface area (Å²) < 4.78 is 89.7. The molecule has 6 aromatic rings. The molecule has 2 fully saturated rings. The van der Waals surface area contributed by atoms with Crippen LogP contribution in [-0.2, 0) is 14.3 Å². The van der Waals surface area contributed by atoms with Crippen molar-refractivity contribution in [3.8, 4) is 11.5 Å². The first-order chi connectivity index (χ1) is 34.0. The van der Waals surface area contributed by atoms with Crippen LogP contribution in [0.4, 0.5) is 28.9 Å². The molecule has 2 saturated heterocycles. The lowest BCUT2D eigenvalue weighted by molar-refractivity contribution is 0.168. The molecule has 4 aromatic carbocycles. The Bertz CT molecular complexity index is 2720. The highest BCUT2D eigenvalue weighted by Crippen LogP contribution is 2.39. The number of hydrogen-bond donors (Lipinski definition) is 3. The fourth-order valence-electron chi connectivity index (χ4n) is 8.10. The highest BCUT2D eigenvalue weighted by Gasteiger charge is 2.33. The average Bonchev–Trinajstić information content (AvgIpc) is 3.36. The maximum Gasteiger partial charge on any atom is 0.265 e. The molecule has 20 heteroatoms. The van der Waals surface area contributed by atoms with Crippen LogP contribution in [0.15, 0.2) is 122 Å². The summed E-state index contributed by atoms with van der Waals surface area (Å²) in [6, 6.07) is 29.8. The first-order valence-electron chi connectivity index (χ1n) is 22.7. The second kappa shape index (κ2) is 26.2. The highest BCUT2D eigenvalue weighted by atomic mass is 35.5. The predicted molar refractivity (Wildman–Crippen MR) is 267 cm³/mol. The number of ether oxygens (including phenoxy) is 2. The van der Waals surface area contributed by atoms with Gasteiger partial charge in [-0.2, -0.15) is 8.42 Å². The normalized spacial score (nSPS) is 17.0. The molecule has 71 heavy (non-hydrogen) atoms. The monoisotopic (exact) mass is 1040 g/mol. The van der Waals surface area contributed by atoms with Crippen molar-refractivity contribution in [1.82, 2.24) is 20.2 Å². The maximum absolute atomic E-state index is 13.6. The summed E-state index contributed by atoms with van der Waals surface area (Å²) in [4.78, 5) is 14.7. The van der Waals surface area contributed by atoms with Gasteiger partial charge in [-0.05, 0) is 97.8 Å². The lowest BCUT2D eigenvalue weighted by Gasteiger charge is -2.45. The smallest absolute Gasteiger partial charge is 0.265 e. The number of pyridine rings is 2. The van der Waals surface area contributed by atoms with Crippen molar-refractivity contribution in [2.24, 2.45) is 0 Å². The van der Waals surface area contributed by atoms with E-state index in [-0.39, 0.29) is 62.0 Å². The number of rotatable bonds is 15. The first-order valence-corrected chi connectivity index (χ1v) is 25.3. The number of anilines is 2. The standard InChI is InChI=1S/C25H26ClF2N3O2.C18H20ClFN2O2.C8H10FNO3S/c1-17(23-8-6-20(28)15-29-23)30-10-11-31(25(16-30)18-2-4-19(27)5-3-18)24-9-7-21(14-22(24)26)33-13-12-32;19-16-11-15(24-10-9-23)5-6-17(16)22-8-7-21-12-18(22)13-1-3-14(20)4-2-13;1-6(13-14(2,11)12)8-4-3-7(9)5-10-8/h2-9,14-15,17,25,32H,10-13,16H2,1H3;1-6,11,18,21,23H,7-10,12H2;3-6H,1-2H3/t17-,25+;18-;6-/m100/s1. The quantitative estimate of drug-likeness (QED) is 0.0663. The summed E-state index contributed by atoms with van der Waals surface area (Å²) in [6.45, 7) is 8.42. The van der Waals surface area contributed by atoms with Gasteiger partial charge in [0.05, 0.1) is 76.8 Å². The molecule has 0 amide bonds. The number of benzene rings is 4. The number of hydrogen-bond acceptors (Lipinski definition) is 13. The Balaban J connectivity index is 0.000000190. The van der Waals surface area contributed by atoms with Crippen LogP contribution in [-0.4, -0.2) is 105 Å². The van der Waals surface area contributed by atoms with E-state index in [0.717, 1.165) is 66.8 Å². The van der Waals surface area contributed by atoms with E-state index in [4.69, 9.17) is 42.9 Å². The van der Waals surface area contributed by atoms with Gasteiger partial charge >= 0.3 is 0 Å². The van der Waals surface area contributed by atoms with Gasteiger partial charge in [0, 0.05) is 57.4 Å². The number of aromatic nitrogens is 2. The van der Waals surface area contributed by atoms with E-state index in [1.807, 2.05) is 36.4 Å². The minimum absolute atomic E-state index is 0.0135. The van der Waals surface area contributed by atoms with Gasteiger partial charge in [-0.25, -0.2) is 17.6 Å². The highest BCUT2D eigenvalue weighted by molar-refractivity contribution is 7.86. The zero-order valence-corrected chi connectivity index (χ0v) is 41.6. The van der Waals surface area contributed by atoms with Gasteiger partial charge in [0.25, 0.3) is 10.1 Å². The van der Waals surface area contributed by atoms with E-state index < -0.39 is 22.0 Å². The SMILES string of the molecule is C[C@H](OS(C)(=O)=O)c1ccc(F)cn1.C[C@H](c1ccc(F)cn1)N1CCN(c2ccc(OCCO)cc2Cl)[C@H](c2ccc(F)cc2)C1.OCCOc1ccc(N2CCNC[C@H]2c2ccc(F)cc2)c(Cl)c1. The van der Waals surface area contributed by atoms with Gasteiger partial charge < -0.3 is 34.8 Å². The van der Waals surface area contributed by atoms with Crippen LogP contribution in [0, 0.1) is 23.3 Å². The van der Waals surface area contributed by atoms with Gasteiger partial charge in [-0.1, -0.05) is 47.5 Å². The molecule has 4 atom stereocenters. The second-order valence-electron chi connectivity index (χ2n) is 16.5. The summed E-state index contributed by atoms with van der Waals surface area (Å²) in [5.74, 6) is -0.138. The molecule has 0 radical (unpaired) electrons. The Hall–Kier alpha value is -5.57. The number of nitrogens with one attached hydrogen (secondary N) is 1. The van der Waals surface area contributed by atoms with E-state index in [1.165, 1.54) is 55.6 Å². The topological polar surface area (TPSA) is 150 Å². The third-order valence-electron chi connectivity index (χ3n) is 11.6. The Morgan fingerprint density at radius 3 is 1.61 bits per heavy atom. The van der Waals surface area contributed by atoms with Gasteiger partial charge in [0.2, 0.25) is 0 Å². The molecule has 380 valence electrons. The number of aliphatic hydroxyl groups excluding tert-OH is 2. The van der Waals surface area contributed by atoms with Gasteiger partial charge in [0.1, 0.15) is 54.1 Å². The average molecular weight is 1040 g/mol. The van der Waals surface area contributed by atoms with Crippen molar-refractivity contribution >= 4 is 44.7 Å². The summed E-state index contributed by atoms with van der Waals surface area (Å²) in [5.41, 5.74) is 4.96. The van der Waals surface area contributed by atoms with Gasteiger partial charge in [0.15, 0.2) is 0 Å². The first kappa shape index (κ1) is 54.8. The molecule has 2 aliphatic rings. The number of halogens is 6. The molecule has 0 aliphatic carbocycles. The van der Waals surface area contributed by atoms with Crippen LogP contribution in [0.1, 0.15) is 60.6 Å². The molecule has 0 spiro atoms. The molecule has 0 unspecified atom stereocenters. The van der Waals surface area contributed by atoms with E-state index in [9.17, 15) is 26.0 Å². The third-order valence-corrected chi connectivity index (χ3v) is 12.8. The number of aliphatic hydroxyl groups is 2. The van der Waals surface area contributed by atoms with Crippen LogP contribution >= 0.6 is 23.2 Å². The van der Waals surface area contributed by atoms with Crippen molar-refractivity contribution < 1.29 is 49.8 Å². The minimum Gasteiger partial charge on any atom is -0.491 e. The maximum atomic E-state index is 13.6. The molecular weight excluding hydrogens is 988 g/mol. The summed E-state index contributed by atoms with van der Waals surface area (Å²) in [5, 5.41) is 22.3. The number of nitrogens with zero attached hydrogens (tertiary/aromatic N) is 5. The van der Waals surface area contributed by atoms with E-state index in [1.54, 1.807) is 30.3 Å². The molecule has 0 saturated carbocycles. The Morgan fingerprint density at radius 2 is 1.14 bits per heavy atom. The van der Waals surface area contributed by atoms with Crippen LogP contribution in [0.3, 0.4) is 0 Å². The largest absolute Gasteiger partial charge is 0.491 e. The molecule has 13 nitrogen and oxygen atoms in total. The van der Waals surface area contributed by atoms with Crippen molar-refractivity contribution in [1.29, 1.82) is 0 Å².